The van der Waals surface area contributed by atoms with E-state index in [1.165, 1.54) is 15.9 Å². The van der Waals surface area contributed by atoms with Gasteiger partial charge >= 0.3 is 19.3 Å². The number of nitrogens with zero attached hydrogens (tertiary/aromatic N) is 2. The Hall–Kier alpha value is -2.08. The topological polar surface area (TPSA) is 143 Å². The first-order valence-electron chi connectivity index (χ1n) is 9.37. The van der Waals surface area contributed by atoms with Crippen LogP contribution in [0.1, 0.15) is 19.4 Å². The molecule has 0 unspecified atom stereocenters. The van der Waals surface area contributed by atoms with E-state index >= 15 is 0 Å². The van der Waals surface area contributed by atoms with E-state index in [0.717, 1.165) is 15.9 Å². The van der Waals surface area contributed by atoms with Crippen molar-refractivity contribution < 1.29 is 23.5 Å². The van der Waals surface area contributed by atoms with E-state index in [2.05, 4.69) is 0 Å². The van der Waals surface area contributed by atoms with Gasteiger partial charge in [-0.15, -0.1) is 22.7 Å². The zero-order valence-corrected chi connectivity index (χ0v) is 19.4. The van der Waals surface area contributed by atoms with E-state index < -0.39 is 30.9 Å². The van der Waals surface area contributed by atoms with Crippen molar-refractivity contribution in [2.75, 3.05) is 13.2 Å². The zero-order valence-electron chi connectivity index (χ0n) is 16.8. The van der Waals surface area contributed by atoms with Gasteiger partial charge in [0.1, 0.15) is 10.7 Å². The molecule has 3 aromatic heterocycles. The van der Waals surface area contributed by atoms with Crippen LogP contribution < -0.4 is 21.6 Å². The van der Waals surface area contributed by atoms with Crippen molar-refractivity contribution in [3.05, 3.63) is 48.6 Å². The highest BCUT2D eigenvalue weighted by molar-refractivity contribution is 7.68. The molecule has 0 saturated heterocycles. The fourth-order valence-electron chi connectivity index (χ4n) is 3.08. The predicted molar refractivity (Wildman–Crippen MR) is 120 cm³/mol. The summed E-state index contributed by atoms with van der Waals surface area (Å²) in [6, 6.07) is 0.335. The number of carboxylic acids is 1. The number of carbonyl (C=O) groups is 1. The monoisotopic (exact) mass is 487 g/mol. The Bertz CT molecular complexity index is 1250. The number of rotatable bonds is 10. The summed E-state index contributed by atoms with van der Waals surface area (Å²) in [4.78, 5) is 37.4. The predicted octanol–water partition coefficient (Wildman–Crippen LogP) is 1.64. The minimum atomic E-state index is -3.61. The number of hydrogen-bond donors (Lipinski definition) is 2. The van der Waals surface area contributed by atoms with E-state index in [4.69, 9.17) is 19.9 Å². The van der Waals surface area contributed by atoms with E-state index in [0.29, 0.717) is 15.7 Å². The molecule has 3 rings (SSSR count). The SMILES string of the molecule is CCOP(=O)(OCC)c1sccc1Cn1c(=O)c2cscc2n(C[C@H](N)C(=O)O)c1=O. The summed E-state index contributed by atoms with van der Waals surface area (Å²) in [7, 11) is -3.61. The molecule has 0 bridgehead atoms. The lowest BCUT2D eigenvalue weighted by Gasteiger charge is -2.18. The lowest BCUT2D eigenvalue weighted by molar-refractivity contribution is -0.138. The smallest absolute Gasteiger partial charge is 0.371 e. The van der Waals surface area contributed by atoms with Crippen LogP contribution in [0.5, 0.6) is 0 Å². The first kappa shape index (κ1) is 23.6. The Morgan fingerprint density at radius 1 is 1.23 bits per heavy atom. The van der Waals surface area contributed by atoms with Gasteiger partial charge in [0.05, 0.1) is 37.2 Å². The van der Waals surface area contributed by atoms with Gasteiger partial charge in [0.25, 0.3) is 5.56 Å². The van der Waals surface area contributed by atoms with Crippen LogP contribution in [0.15, 0.2) is 31.8 Å². The summed E-state index contributed by atoms with van der Waals surface area (Å²) in [5.41, 5.74) is 5.19. The molecule has 0 aliphatic heterocycles. The highest BCUT2D eigenvalue weighted by atomic mass is 32.1. The number of aliphatic carboxylic acids is 1. The maximum absolute atomic E-state index is 13.2. The van der Waals surface area contributed by atoms with Gasteiger partial charge in [-0.05, 0) is 30.9 Å². The van der Waals surface area contributed by atoms with Crippen LogP contribution in [0.25, 0.3) is 10.9 Å². The van der Waals surface area contributed by atoms with Crippen LogP contribution in [-0.2, 0) is 31.5 Å². The summed E-state index contributed by atoms with van der Waals surface area (Å²) in [6.07, 6.45) is 0. The van der Waals surface area contributed by atoms with Crippen molar-refractivity contribution >= 4 is 51.8 Å². The quantitative estimate of drug-likeness (QED) is 0.411. The van der Waals surface area contributed by atoms with Crippen molar-refractivity contribution in [3.63, 3.8) is 0 Å². The van der Waals surface area contributed by atoms with Crippen molar-refractivity contribution in [3.8, 4) is 0 Å². The van der Waals surface area contributed by atoms with Gasteiger partial charge in [-0.3, -0.25) is 23.3 Å². The molecule has 1 atom stereocenters. The highest BCUT2D eigenvalue weighted by Gasteiger charge is 2.31. The molecule has 0 saturated carbocycles. The van der Waals surface area contributed by atoms with Gasteiger partial charge in [0, 0.05) is 10.8 Å². The molecule has 0 aliphatic rings. The fourth-order valence-corrected chi connectivity index (χ4v) is 7.04. The summed E-state index contributed by atoms with van der Waals surface area (Å²) >= 11 is 2.38. The Morgan fingerprint density at radius 3 is 2.52 bits per heavy atom. The van der Waals surface area contributed by atoms with Crippen LogP contribution in [0.4, 0.5) is 0 Å². The maximum Gasteiger partial charge on any atom is 0.371 e. The summed E-state index contributed by atoms with van der Waals surface area (Å²) < 4.78 is 26.5. The zero-order chi connectivity index (χ0) is 22.8. The van der Waals surface area contributed by atoms with Crippen LogP contribution >= 0.6 is 30.3 Å². The molecule has 3 N–H and O–H groups in total. The molecule has 3 heterocycles. The minimum Gasteiger partial charge on any atom is -0.480 e. The summed E-state index contributed by atoms with van der Waals surface area (Å²) in [6.45, 7) is 3.24. The molecule has 0 radical (unpaired) electrons. The van der Waals surface area contributed by atoms with Crippen LogP contribution in [0.3, 0.4) is 0 Å². The van der Waals surface area contributed by atoms with E-state index in [9.17, 15) is 18.9 Å². The molecule has 0 amide bonds. The first-order valence-corrected chi connectivity index (χ1v) is 12.7. The standard InChI is InChI=1S/C18H22N3O7PS2/c1-3-27-29(26,28-4-2)17-11(5-6-31-17)7-21-15(22)12-9-30-10-14(12)20(18(21)25)8-13(19)16(23)24/h5-6,9-10,13H,3-4,7-8,19H2,1-2H3,(H,23,24)/t13-/m0/s1. The summed E-state index contributed by atoms with van der Waals surface area (Å²) in [5, 5.41) is 14.3. The number of nitrogens with two attached hydrogens (primary N) is 1. The second-order valence-corrected chi connectivity index (χ2v) is 10.4. The van der Waals surface area contributed by atoms with Crippen molar-refractivity contribution in [2.45, 2.75) is 33.0 Å². The summed E-state index contributed by atoms with van der Waals surface area (Å²) in [5.74, 6) is -1.26. The molecule has 0 aliphatic carbocycles. The van der Waals surface area contributed by atoms with Gasteiger partial charge in [-0.25, -0.2) is 4.79 Å². The first-order chi connectivity index (χ1) is 14.7. The molecular formula is C18H22N3O7PS2. The van der Waals surface area contributed by atoms with E-state index in [1.54, 1.807) is 36.1 Å². The second kappa shape index (κ2) is 9.60. The highest BCUT2D eigenvalue weighted by Crippen LogP contribution is 2.49. The fraction of sp³-hybridized carbons (Fsp3) is 0.389. The van der Waals surface area contributed by atoms with Gasteiger partial charge in [0.15, 0.2) is 0 Å². The van der Waals surface area contributed by atoms with Gasteiger partial charge < -0.3 is 19.9 Å². The normalized spacial score (nSPS) is 13.0. The van der Waals surface area contributed by atoms with Crippen LogP contribution in [-0.4, -0.2) is 39.5 Å². The number of aromatic nitrogens is 2. The molecule has 0 aromatic carbocycles. The molecule has 31 heavy (non-hydrogen) atoms. The van der Waals surface area contributed by atoms with Crippen molar-refractivity contribution in [1.29, 1.82) is 0 Å². The Kier molecular flexibility index (Phi) is 7.30. The lowest BCUT2D eigenvalue weighted by atomic mass is 10.3. The average Bonchev–Trinajstić information content (AvgIpc) is 3.38. The molecule has 10 nitrogen and oxygen atoms in total. The number of thiophene rings is 2. The van der Waals surface area contributed by atoms with E-state index in [1.807, 2.05) is 0 Å². The lowest BCUT2D eigenvalue weighted by Crippen LogP contribution is -2.45. The van der Waals surface area contributed by atoms with Crippen molar-refractivity contribution in [2.24, 2.45) is 5.73 Å². The Balaban J connectivity index is 2.13. The van der Waals surface area contributed by atoms with Gasteiger partial charge in [-0.1, -0.05) is 0 Å². The second-order valence-electron chi connectivity index (χ2n) is 6.48. The molecule has 0 fully saturated rings. The molecule has 3 aromatic rings. The van der Waals surface area contributed by atoms with Gasteiger partial charge in [-0.2, -0.15) is 0 Å². The number of hydrogen-bond acceptors (Lipinski definition) is 9. The number of carboxylic acid groups (broad SMARTS) is 1. The number of fused-ring (bicyclic) bond motifs is 1. The third-order valence-electron chi connectivity index (χ3n) is 4.47. The van der Waals surface area contributed by atoms with Crippen LogP contribution in [0.2, 0.25) is 0 Å². The Labute approximate surface area is 185 Å². The average molecular weight is 487 g/mol. The van der Waals surface area contributed by atoms with Gasteiger partial charge in [0.2, 0.25) is 0 Å². The molecule has 13 heteroatoms. The largest absolute Gasteiger partial charge is 0.480 e. The molecule has 168 valence electrons. The van der Waals surface area contributed by atoms with Crippen LogP contribution in [0, 0.1) is 0 Å². The molecule has 0 spiro atoms. The minimum absolute atomic E-state index is 0.162. The molecular weight excluding hydrogens is 465 g/mol. The van der Waals surface area contributed by atoms with E-state index in [-0.39, 0.29) is 31.7 Å². The third-order valence-corrected chi connectivity index (χ3v) is 8.92. The Morgan fingerprint density at radius 2 is 1.90 bits per heavy atom. The third kappa shape index (κ3) is 4.59. The maximum atomic E-state index is 13.2. The van der Waals surface area contributed by atoms with Crippen molar-refractivity contribution in [1.82, 2.24) is 9.13 Å².